The van der Waals surface area contributed by atoms with E-state index in [1.807, 2.05) is 24.3 Å². The molecule has 2 aromatic carbocycles. The van der Waals surface area contributed by atoms with Crippen molar-refractivity contribution in [1.29, 1.82) is 0 Å². The molecule has 0 atom stereocenters. The van der Waals surface area contributed by atoms with Crippen LogP contribution in [0, 0.1) is 0 Å². The maximum Gasteiger partial charge on any atom is 0.256 e. The Morgan fingerprint density at radius 3 is 2.73 bits per heavy atom. The van der Waals surface area contributed by atoms with Crippen LogP contribution >= 0.6 is 11.6 Å². The molecule has 5 nitrogen and oxygen atoms in total. The number of carbonyl (C=O) groups is 2. The van der Waals surface area contributed by atoms with E-state index in [4.69, 9.17) is 16.0 Å². The van der Waals surface area contributed by atoms with Gasteiger partial charge in [-0.1, -0.05) is 29.8 Å². The largest absolute Gasteiger partial charge is 0.545 e. The molecule has 1 aliphatic heterocycles. The van der Waals surface area contributed by atoms with Crippen molar-refractivity contribution in [3.8, 4) is 11.3 Å². The minimum atomic E-state index is -1.36. The molecule has 2 heterocycles. The van der Waals surface area contributed by atoms with Gasteiger partial charge in [0, 0.05) is 27.4 Å². The highest BCUT2D eigenvalue weighted by Gasteiger charge is 2.23. The number of hydrogen-bond donors (Lipinski definition) is 1. The second-order valence-electron chi connectivity index (χ2n) is 5.74. The minimum Gasteiger partial charge on any atom is -0.545 e. The SMILES string of the molecule is O=C1Nc2ccccc2/C1=C\c1ccc(-c2ccc(Cl)c(C(=O)[O-])c2)o1. The van der Waals surface area contributed by atoms with Crippen molar-refractivity contribution in [1.82, 2.24) is 0 Å². The van der Waals surface area contributed by atoms with Crippen LogP contribution < -0.4 is 10.4 Å². The molecule has 0 bridgehead atoms. The minimum absolute atomic E-state index is 0.0990. The number of carbonyl (C=O) groups excluding carboxylic acids is 2. The summed E-state index contributed by atoms with van der Waals surface area (Å²) < 4.78 is 5.76. The van der Waals surface area contributed by atoms with Gasteiger partial charge in [0.15, 0.2) is 0 Å². The third-order valence-corrected chi connectivity index (χ3v) is 4.42. The highest BCUT2D eigenvalue weighted by atomic mass is 35.5. The van der Waals surface area contributed by atoms with Crippen LogP contribution in [0.1, 0.15) is 21.7 Å². The first-order chi connectivity index (χ1) is 12.5. The first-order valence-corrected chi connectivity index (χ1v) is 8.14. The number of rotatable bonds is 3. The predicted molar refractivity (Wildman–Crippen MR) is 96.4 cm³/mol. The Hall–Kier alpha value is -3.31. The van der Waals surface area contributed by atoms with Gasteiger partial charge >= 0.3 is 0 Å². The molecule has 0 saturated carbocycles. The lowest BCUT2D eigenvalue weighted by Crippen LogP contribution is -2.22. The number of aromatic carboxylic acids is 1. The summed E-state index contributed by atoms with van der Waals surface area (Å²) in [6.07, 6.45) is 1.65. The monoisotopic (exact) mass is 364 g/mol. The Morgan fingerprint density at radius 1 is 1.12 bits per heavy atom. The van der Waals surface area contributed by atoms with E-state index < -0.39 is 5.97 Å². The van der Waals surface area contributed by atoms with Gasteiger partial charge in [0.2, 0.25) is 0 Å². The van der Waals surface area contributed by atoms with Gasteiger partial charge in [-0.2, -0.15) is 0 Å². The number of carboxylic acids is 1. The summed E-state index contributed by atoms with van der Waals surface area (Å²) in [6, 6.07) is 15.3. The maximum absolute atomic E-state index is 12.2. The lowest BCUT2D eigenvalue weighted by atomic mass is 10.1. The van der Waals surface area contributed by atoms with E-state index in [0.29, 0.717) is 22.7 Å². The van der Waals surface area contributed by atoms with Crippen molar-refractivity contribution >= 4 is 40.8 Å². The Balaban J connectivity index is 1.71. The lowest BCUT2D eigenvalue weighted by molar-refractivity contribution is -0.255. The van der Waals surface area contributed by atoms with Crippen LogP contribution in [0.25, 0.3) is 23.0 Å². The number of halogens is 1. The highest BCUT2D eigenvalue weighted by molar-refractivity contribution is 6.35. The van der Waals surface area contributed by atoms with E-state index in [2.05, 4.69) is 5.32 Å². The molecule has 1 aromatic heterocycles. The fraction of sp³-hybridized carbons (Fsp3) is 0. The molecule has 4 rings (SSSR count). The standard InChI is InChI=1S/C20H12ClNO4/c21-16-7-5-11(9-15(16)20(24)25)18-8-6-12(26-18)10-14-13-3-1-2-4-17(13)22-19(14)23/h1-10H,(H,22,23)(H,24,25)/p-1/b14-10+. The van der Waals surface area contributed by atoms with Crippen LogP contribution in [0.5, 0.6) is 0 Å². The average Bonchev–Trinajstić information content (AvgIpc) is 3.21. The number of para-hydroxylation sites is 1. The topological polar surface area (TPSA) is 82.4 Å². The zero-order valence-corrected chi connectivity index (χ0v) is 14.0. The lowest BCUT2D eigenvalue weighted by Gasteiger charge is -2.06. The Morgan fingerprint density at radius 2 is 1.92 bits per heavy atom. The third kappa shape index (κ3) is 2.78. The highest BCUT2D eigenvalue weighted by Crippen LogP contribution is 2.34. The van der Waals surface area contributed by atoms with Crippen LogP contribution in [0.3, 0.4) is 0 Å². The smallest absolute Gasteiger partial charge is 0.256 e. The number of nitrogens with one attached hydrogen (secondary N) is 1. The molecule has 26 heavy (non-hydrogen) atoms. The summed E-state index contributed by atoms with van der Waals surface area (Å²) in [5.41, 5.74) is 2.51. The summed E-state index contributed by atoms with van der Waals surface area (Å²) in [5.74, 6) is -0.616. The zero-order chi connectivity index (χ0) is 18.3. The second kappa shape index (κ2) is 6.20. The first-order valence-electron chi connectivity index (χ1n) is 7.76. The molecule has 0 aliphatic carbocycles. The van der Waals surface area contributed by atoms with E-state index >= 15 is 0 Å². The summed E-state index contributed by atoms with van der Waals surface area (Å²) in [6.45, 7) is 0. The Bertz CT molecular complexity index is 1080. The van der Waals surface area contributed by atoms with Crippen LogP contribution in [0.2, 0.25) is 5.02 Å². The normalized spacial score (nSPS) is 14.3. The summed E-state index contributed by atoms with van der Waals surface area (Å²) in [7, 11) is 0. The molecular weight excluding hydrogens is 354 g/mol. The van der Waals surface area contributed by atoms with Crippen LogP contribution in [-0.4, -0.2) is 11.9 Å². The summed E-state index contributed by atoms with van der Waals surface area (Å²) in [5, 5.41) is 14.0. The molecule has 0 spiro atoms. The van der Waals surface area contributed by atoms with Crippen LogP contribution in [-0.2, 0) is 4.79 Å². The third-order valence-electron chi connectivity index (χ3n) is 4.09. The number of amides is 1. The van der Waals surface area contributed by atoms with Crippen LogP contribution in [0.4, 0.5) is 5.69 Å². The predicted octanol–water partition coefficient (Wildman–Crippen LogP) is 3.46. The van der Waals surface area contributed by atoms with E-state index in [-0.39, 0.29) is 16.5 Å². The number of carboxylic acid groups (broad SMARTS) is 1. The van der Waals surface area contributed by atoms with Crippen molar-refractivity contribution in [2.24, 2.45) is 0 Å². The van der Waals surface area contributed by atoms with E-state index in [9.17, 15) is 14.7 Å². The molecule has 6 heteroatoms. The molecule has 0 unspecified atom stereocenters. The Kier molecular flexibility index (Phi) is 3.86. The zero-order valence-electron chi connectivity index (χ0n) is 13.3. The average molecular weight is 365 g/mol. The van der Waals surface area contributed by atoms with Gasteiger partial charge in [-0.25, -0.2) is 0 Å². The molecule has 0 saturated heterocycles. The number of fused-ring (bicyclic) bond motifs is 1. The molecule has 0 fully saturated rings. The molecule has 3 aromatic rings. The molecule has 1 N–H and O–H groups in total. The number of hydrogen-bond acceptors (Lipinski definition) is 4. The molecule has 1 amide bonds. The molecule has 128 valence electrons. The van der Waals surface area contributed by atoms with Gasteiger partial charge in [0.25, 0.3) is 5.91 Å². The Labute approximate surface area is 153 Å². The van der Waals surface area contributed by atoms with E-state index in [0.717, 1.165) is 11.3 Å². The maximum atomic E-state index is 12.2. The van der Waals surface area contributed by atoms with Gasteiger partial charge in [-0.3, -0.25) is 4.79 Å². The fourth-order valence-electron chi connectivity index (χ4n) is 2.85. The molecule has 1 aliphatic rings. The molecular formula is C20H11ClNO4-. The van der Waals surface area contributed by atoms with Crippen molar-refractivity contribution in [3.05, 3.63) is 76.5 Å². The van der Waals surface area contributed by atoms with Crippen molar-refractivity contribution in [3.63, 3.8) is 0 Å². The van der Waals surface area contributed by atoms with Crippen molar-refractivity contribution in [2.45, 2.75) is 0 Å². The van der Waals surface area contributed by atoms with Crippen molar-refractivity contribution in [2.75, 3.05) is 5.32 Å². The van der Waals surface area contributed by atoms with Gasteiger partial charge in [-0.05, 0) is 42.5 Å². The summed E-state index contributed by atoms with van der Waals surface area (Å²) >= 11 is 5.86. The quantitative estimate of drug-likeness (QED) is 0.721. The van der Waals surface area contributed by atoms with E-state index in [1.165, 1.54) is 12.1 Å². The van der Waals surface area contributed by atoms with Gasteiger partial charge in [0.05, 0.1) is 11.5 Å². The van der Waals surface area contributed by atoms with Gasteiger partial charge in [-0.15, -0.1) is 0 Å². The number of benzene rings is 2. The van der Waals surface area contributed by atoms with Gasteiger partial charge < -0.3 is 19.6 Å². The number of anilines is 1. The van der Waals surface area contributed by atoms with Crippen LogP contribution in [0.15, 0.2) is 59.0 Å². The van der Waals surface area contributed by atoms with E-state index in [1.54, 1.807) is 24.3 Å². The fourth-order valence-corrected chi connectivity index (χ4v) is 3.04. The molecule has 0 radical (unpaired) electrons. The second-order valence-corrected chi connectivity index (χ2v) is 6.15. The first kappa shape index (κ1) is 16.2. The van der Waals surface area contributed by atoms with Gasteiger partial charge in [0.1, 0.15) is 11.5 Å². The number of furan rings is 1. The van der Waals surface area contributed by atoms with Crippen molar-refractivity contribution < 1.29 is 19.1 Å². The summed E-state index contributed by atoms with van der Waals surface area (Å²) in [4.78, 5) is 23.3.